The standard InChI is InChI=1S/C22H18ClN3O3/c1-13-11-15(23)8-9-18(13)28-12-20(27)25-17-6-3-5-16(14(17)2)22-26-21-19(29-22)7-4-10-24-21/h3-11H,12H2,1-2H3,(H,25,27). The van der Waals surface area contributed by atoms with Crippen LogP contribution in [0.3, 0.4) is 0 Å². The number of hydrogen-bond acceptors (Lipinski definition) is 5. The number of hydrogen-bond donors (Lipinski definition) is 1. The van der Waals surface area contributed by atoms with Crippen molar-refractivity contribution in [3.63, 3.8) is 0 Å². The van der Waals surface area contributed by atoms with Crippen molar-refractivity contribution < 1.29 is 13.9 Å². The highest BCUT2D eigenvalue weighted by Crippen LogP contribution is 2.30. The predicted molar refractivity (Wildman–Crippen MR) is 112 cm³/mol. The Bertz CT molecular complexity index is 1170. The Morgan fingerprint density at radius 1 is 1.17 bits per heavy atom. The van der Waals surface area contributed by atoms with E-state index < -0.39 is 0 Å². The molecular formula is C22H18ClN3O3. The van der Waals surface area contributed by atoms with E-state index in [0.29, 0.717) is 33.6 Å². The van der Waals surface area contributed by atoms with Crippen LogP contribution in [0.25, 0.3) is 22.7 Å². The number of anilines is 1. The summed E-state index contributed by atoms with van der Waals surface area (Å²) < 4.78 is 11.4. The minimum Gasteiger partial charge on any atom is -0.483 e. The van der Waals surface area contributed by atoms with E-state index in [1.165, 1.54) is 0 Å². The van der Waals surface area contributed by atoms with Crippen LogP contribution in [-0.2, 0) is 4.79 Å². The van der Waals surface area contributed by atoms with Crippen molar-refractivity contribution in [2.24, 2.45) is 0 Å². The van der Waals surface area contributed by atoms with Gasteiger partial charge in [-0.2, -0.15) is 4.98 Å². The van der Waals surface area contributed by atoms with E-state index in [1.807, 2.05) is 38.1 Å². The molecule has 0 aliphatic carbocycles. The van der Waals surface area contributed by atoms with E-state index in [9.17, 15) is 4.79 Å². The number of fused-ring (bicyclic) bond motifs is 1. The highest BCUT2D eigenvalue weighted by atomic mass is 35.5. The first-order valence-electron chi connectivity index (χ1n) is 9.01. The number of aromatic nitrogens is 2. The number of ether oxygens (including phenoxy) is 1. The lowest BCUT2D eigenvalue weighted by atomic mass is 10.1. The molecule has 4 rings (SSSR count). The highest BCUT2D eigenvalue weighted by molar-refractivity contribution is 6.30. The van der Waals surface area contributed by atoms with Gasteiger partial charge in [-0.05, 0) is 67.4 Å². The van der Waals surface area contributed by atoms with E-state index in [-0.39, 0.29) is 12.5 Å². The molecule has 0 aliphatic rings. The summed E-state index contributed by atoms with van der Waals surface area (Å²) in [6.07, 6.45) is 1.67. The molecule has 1 amide bonds. The van der Waals surface area contributed by atoms with Gasteiger partial charge in [0.05, 0.1) is 0 Å². The Hall–Kier alpha value is -3.38. The quantitative estimate of drug-likeness (QED) is 0.493. The molecule has 0 aliphatic heterocycles. The zero-order chi connectivity index (χ0) is 20.4. The van der Waals surface area contributed by atoms with Crippen molar-refractivity contribution in [2.45, 2.75) is 13.8 Å². The predicted octanol–water partition coefficient (Wildman–Crippen LogP) is 5.18. The van der Waals surface area contributed by atoms with Gasteiger partial charge in [-0.25, -0.2) is 4.98 Å². The van der Waals surface area contributed by atoms with E-state index in [1.54, 1.807) is 30.5 Å². The SMILES string of the molecule is Cc1cc(Cl)ccc1OCC(=O)Nc1cccc(-c2nc3ncccc3o2)c1C. The van der Waals surface area contributed by atoms with Crippen molar-refractivity contribution >= 4 is 34.4 Å². The van der Waals surface area contributed by atoms with Gasteiger partial charge in [0.1, 0.15) is 5.75 Å². The maximum absolute atomic E-state index is 12.4. The van der Waals surface area contributed by atoms with E-state index >= 15 is 0 Å². The van der Waals surface area contributed by atoms with Crippen LogP contribution in [0.2, 0.25) is 5.02 Å². The Labute approximate surface area is 172 Å². The molecule has 0 radical (unpaired) electrons. The van der Waals surface area contributed by atoms with Gasteiger partial charge in [-0.15, -0.1) is 0 Å². The number of benzene rings is 2. The summed E-state index contributed by atoms with van der Waals surface area (Å²) in [5, 5.41) is 3.51. The molecule has 2 aromatic heterocycles. The molecule has 7 heteroatoms. The number of pyridine rings is 1. The van der Waals surface area contributed by atoms with Crippen LogP contribution in [0, 0.1) is 13.8 Å². The number of amides is 1. The first-order chi connectivity index (χ1) is 14.0. The first-order valence-corrected chi connectivity index (χ1v) is 9.39. The van der Waals surface area contributed by atoms with Crippen molar-refractivity contribution in [1.29, 1.82) is 0 Å². The van der Waals surface area contributed by atoms with E-state index in [0.717, 1.165) is 16.7 Å². The maximum Gasteiger partial charge on any atom is 0.262 e. The molecule has 0 unspecified atom stereocenters. The summed E-state index contributed by atoms with van der Waals surface area (Å²) in [7, 11) is 0. The van der Waals surface area contributed by atoms with Gasteiger partial charge >= 0.3 is 0 Å². The summed E-state index contributed by atoms with van der Waals surface area (Å²) in [5.74, 6) is 0.813. The second kappa shape index (κ2) is 7.93. The second-order valence-corrected chi connectivity index (χ2v) is 7.01. The number of carbonyl (C=O) groups is 1. The largest absolute Gasteiger partial charge is 0.483 e. The van der Waals surface area contributed by atoms with Gasteiger partial charge in [0.15, 0.2) is 17.8 Å². The van der Waals surface area contributed by atoms with E-state index in [4.69, 9.17) is 20.8 Å². The summed E-state index contributed by atoms with van der Waals surface area (Å²) in [6, 6.07) is 14.4. The smallest absolute Gasteiger partial charge is 0.262 e. The number of rotatable bonds is 5. The lowest BCUT2D eigenvalue weighted by Crippen LogP contribution is -2.21. The number of carbonyl (C=O) groups excluding carboxylic acids is 1. The van der Waals surface area contributed by atoms with E-state index in [2.05, 4.69) is 15.3 Å². The Morgan fingerprint density at radius 2 is 2.03 bits per heavy atom. The molecule has 4 aromatic rings. The molecule has 0 bridgehead atoms. The minimum atomic E-state index is -0.265. The molecule has 6 nitrogen and oxygen atoms in total. The Kier molecular flexibility index (Phi) is 5.18. The number of halogens is 1. The summed E-state index contributed by atoms with van der Waals surface area (Å²) in [4.78, 5) is 21.0. The minimum absolute atomic E-state index is 0.112. The van der Waals surface area contributed by atoms with Gasteiger partial charge < -0.3 is 14.5 Å². The van der Waals surface area contributed by atoms with Crippen LogP contribution in [0.15, 0.2) is 59.1 Å². The van der Waals surface area contributed by atoms with Crippen LogP contribution in [0.4, 0.5) is 5.69 Å². The van der Waals surface area contributed by atoms with Crippen molar-refractivity contribution in [2.75, 3.05) is 11.9 Å². The molecule has 0 atom stereocenters. The van der Waals surface area contributed by atoms with Crippen LogP contribution >= 0.6 is 11.6 Å². The zero-order valence-corrected chi connectivity index (χ0v) is 16.7. The summed E-state index contributed by atoms with van der Waals surface area (Å²) >= 11 is 5.94. The number of aryl methyl sites for hydroxylation is 1. The first kappa shape index (κ1) is 19.0. The lowest BCUT2D eigenvalue weighted by Gasteiger charge is -2.12. The molecule has 2 aromatic carbocycles. The molecule has 1 N–H and O–H groups in total. The van der Waals surface area contributed by atoms with Gasteiger partial charge in [-0.1, -0.05) is 17.7 Å². The van der Waals surface area contributed by atoms with Crippen LogP contribution in [0.5, 0.6) is 5.75 Å². The zero-order valence-electron chi connectivity index (χ0n) is 15.9. The topological polar surface area (TPSA) is 77.2 Å². The molecule has 0 saturated heterocycles. The highest BCUT2D eigenvalue weighted by Gasteiger charge is 2.15. The molecule has 0 spiro atoms. The normalized spacial score (nSPS) is 10.9. The van der Waals surface area contributed by atoms with Crippen molar-refractivity contribution in [1.82, 2.24) is 9.97 Å². The molecule has 2 heterocycles. The third-order valence-electron chi connectivity index (χ3n) is 4.50. The second-order valence-electron chi connectivity index (χ2n) is 6.57. The number of oxazole rings is 1. The van der Waals surface area contributed by atoms with Gasteiger partial charge in [0.2, 0.25) is 5.89 Å². The maximum atomic E-state index is 12.4. The number of nitrogens with zero attached hydrogens (tertiary/aromatic N) is 2. The van der Waals surface area contributed by atoms with Gasteiger partial charge in [0, 0.05) is 22.5 Å². The van der Waals surface area contributed by atoms with Crippen LogP contribution in [-0.4, -0.2) is 22.5 Å². The molecule has 29 heavy (non-hydrogen) atoms. The Morgan fingerprint density at radius 3 is 2.83 bits per heavy atom. The van der Waals surface area contributed by atoms with Crippen LogP contribution < -0.4 is 10.1 Å². The van der Waals surface area contributed by atoms with Crippen molar-refractivity contribution in [3.8, 4) is 17.2 Å². The average Bonchev–Trinajstić information content (AvgIpc) is 3.13. The molecule has 0 saturated carbocycles. The van der Waals surface area contributed by atoms with Gasteiger partial charge in [-0.3, -0.25) is 4.79 Å². The van der Waals surface area contributed by atoms with Gasteiger partial charge in [0.25, 0.3) is 5.91 Å². The van der Waals surface area contributed by atoms with Crippen LogP contribution in [0.1, 0.15) is 11.1 Å². The molecule has 146 valence electrons. The Balaban J connectivity index is 1.50. The summed E-state index contributed by atoms with van der Waals surface area (Å²) in [5.41, 5.74) is 4.32. The fraction of sp³-hybridized carbons (Fsp3) is 0.136. The monoisotopic (exact) mass is 407 g/mol. The molecular weight excluding hydrogens is 390 g/mol. The van der Waals surface area contributed by atoms with Crippen molar-refractivity contribution in [3.05, 3.63) is 70.9 Å². The third-order valence-corrected chi connectivity index (χ3v) is 4.73. The average molecular weight is 408 g/mol. The third kappa shape index (κ3) is 4.07. The number of nitrogens with one attached hydrogen (secondary N) is 1. The lowest BCUT2D eigenvalue weighted by molar-refractivity contribution is -0.118. The summed E-state index contributed by atoms with van der Waals surface area (Å²) in [6.45, 7) is 3.67. The fourth-order valence-electron chi connectivity index (χ4n) is 2.99. The fourth-order valence-corrected chi connectivity index (χ4v) is 3.22. The molecule has 0 fully saturated rings.